The minimum Gasteiger partial charge on any atom is -0.377 e. The second kappa shape index (κ2) is 5.50. The second-order valence-corrected chi connectivity index (χ2v) is 4.91. The fourth-order valence-corrected chi connectivity index (χ4v) is 2.63. The Balaban J connectivity index is 1.92. The highest BCUT2D eigenvalue weighted by Crippen LogP contribution is 2.28. The third-order valence-corrected chi connectivity index (χ3v) is 3.50. The minimum absolute atomic E-state index is 0.803. The summed E-state index contributed by atoms with van der Waals surface area (Å²) in [6.45, 7) is 4.06. The predicted molar refractivity (Wildman–Crippen MR) is 63.9 cm³/mol. The second-order valence-electron chi connectivity index (χ2n) is 4.91. The van der Waals surface area contributed by atoms with E-state index in [0.29, 0.717) is 0 Å². The Kier molecular flexibility index (Phi) is 4.01. The molecule has 0 radical (unpaired) electrons. The SMILES string of the molecule is CC1=CC(CC2=CCOCC2)CCCC1. The van der Waals surface area contributed by atoms with E-state index in [0.717, 1.165) is 25.6 Å². The van der Waals surface area contributed by atoms with E-state index in [-0.39, 0.29) is 0 Å². The summed E-state index contributed by atoms with van der Waals surface area (Å²) >= 11 is 0. The van der Waals surface area contributed by atoms with Crippen molar-refractivity contribution in [3.63, 3.8) is 0 Å². The maximum atomic E-state index is 5.34. The maximum absolute atomic E-state index is 5.34. The largest absolute Gasteiger partial charge is 0.377 e. The standard InChI is InChI=1S/C14H22O/c1-12-4-2-3-5-14(10-12)11-13-6-8-15-9-7-13/h6,10,14H,2-5,7-9,11H2,1H3. The number of hydrogen-bond acceptors (Lipinski definition) is 1. The summed E-state index contributed by atoms with van der Waals surface area (Å²) < 4.78 is 5.34. The van der Waals surface area contributed by atoms with Gasteiger partial charge in [-0.25, -0.2) is 0 Å². The summed E-state index contributed by atoms with van der Waals surface area (Å²) in [6.07, 6.45) is 12.7. The van der Waals surface area contributed by atoms with Gasteiger partial charge in [-0.05, 0) is 44.9 Å². The van der Waals surface area contributed by atoms with E-state index in [1.54, 1.807) is 11.1 Å². The number of rotatable bonds is 2. The van der Waals surface area contributed by atoms with Gasteiger partial charge in [0.2, 0.25) is 0 Å². The van der Waals surface area contributed by atoms with Gasteiger partial charge in [0.25, 0.3) is 0 Å². The highest BCUT2D eigenvalue weighted by molar-refractivity contribution is 5.11. The van der Waals surface area contributed by atoms with Crippen LogP contribution in [0.25, 0.3) is 0 Å². The monoisotopic (exact) mass is 206 g/mol. The molecule has 0 saturated carbocycles. The molecule has 0 aromatic rings. The third kappa shape index (κ3) is 3.49. The first-order valence-electron chi connectivity index (χ1n) is 6.27. The lowest BCUT2D eigenvalue weighted by atomic mass is 9.92. The van der Waals surface area contributed by atoms with E-state index in [2.05, 4.69) is 19.1 Å². The van der Waals surface area contributed by atoms with Crippen LogP contribution in [0.3, 0.4) is 0 Å². The lowest BCUT2D eigenvalue weighted by molar-refractivity contribution is 0.152. The van der Waals surface area contributed by atoms with E-state index in [1.165, 1.54) is 32.1 Å². The first-order chi connectivity index (χ1) is 7.34. The number of allylic oxidation sites excluding steroid dienone is 2. The maximum Gasteiger partial charge on any atom is 0.0650 e. The van der Waals surface area contributed by atoms with Crippen LogP contribution in [0.5, 0.6) is 0 Å². The quantitative estimate of drug-likeness (QED) is 0.623. The molecule has 1 aliphatic carbocycles. The molecule has 1 atom stereocenters. The Bertz CT molecular complexity index is 263. The molecule has 0 amide bonds. The van der Waals surface area contributed by atoms with Gasteiger partial charge in [-0.15, -0.1) is 0 Å². The Labute approximate surface area is 93.2 Å². The average molecular weight is 206 g/mol. The molecular weight excluding hydrogens is 184 g/mol. The van der Waals surface area contributed by atoms with Gasteiger partial charge in [0.05, 0.1) is 13.2 Å². The van der Waals surface area contributed by atoms with Crippen LogP contribution in [-0.4, -0.2) is 13.2 Å². The normalized spacial score (nSPS) is 27.9. The molecule has 0 aromatic heterocycles. The van der Waals surface area contributed by atoms with Crippen molar-refractivity contribution in [3.05, 3.63) is 23.3 Å². The molecule has 0 saturated heterocycles. The Morgan fingerprint density at radius 3 is 3.07 bits per heavy atom. The van der Waals surface area contributed by atoms with Gasteiger partial charge in [-0.2, -0.15) is 0 Å². The molecule has 1 heterocycles. The molecular formula is C14H22O. The van der Waals surface area contributed by atoms with Gasteiger partial charge >= 0.3 is 0 Å². The van der Waals surface area contributed by atoms with E-state index in [4.69, 9.17) is 4.74 Å². The Hall–Kier alpha value is -0.560. The molecule has 1 aliphatic heterocycles. The molecule has 1 unspecified atom stereocenters. The van der Waals surface area contributed by atoms with Crippen molar-refractivity contribution in [3.8, 4) is 0 Å². The topological polar surface area (TPSA) is 9.23 Å². The van der Waals surface area contributed by atoms with E-state index < -0.39 is 0 Å². The van der Waals surface area contributed by atoms with Gasteiger partial charge in [-0.1, -0.05) is 29.7 Å². The summed E-state index contributed by atoms with van der Waals surface area (Å²) in [5, 5.41) is 0. The van der Waals surface area contributed by atoms with Crippen molar-refractivity contribution < 1.29 is 4.74 Å². The van der Waals surface area contributed by atoms with E-state index >= 15 is 0 Å². The zero-order valence-corrected chi connectivity index (χ0v) is 9.80. The smallest absolute Gasteiger partial charge is 0.0650 e. The summed E-state index contributed by atoms with van der Waals surface area (Å²) in [7, 11) is 0. The lowest BCUT2D eigenvalue weighted by Crippen LogP contribution is -2.07. The van der Waals surface area contributed by atoms with Crippen molar-refractivity contribution in [2.45, 2.75) is 45.4 Å². The molecule has 1 heteroatoms. The minimum atomic E-state index is 0.803. The first kappa shape index (κ1) is 10.9. The predicted octanol–water partition coefficient (Wildman–Crippen LogP) is 3.86. The Morgan fingerprint density at radius 1 is 1.33 bits per heavy atom. The summed E-state index contributed by atoms with van der Waals surface area (Å²) in [6, 6.07) is 0. The molecule has 84 valence electrons. The van der Waals surface area contributed by atoms with Crippen molar-refractivity contribution in [2.24, 2.45) is 5.92 Å². The molecule has 0 bridgehead atoms. The van der Waals surface area contributed by atoms with Gasteiger partial charge in [0.15, 0.2) is 0 Å². The molecule has 0 N–H and O–H groups in total. The van der Waals surface area contributed by atoms with Crippen LogP contribution >= 0.6 is 0 Å². The lowest BCUT2D eigenvalue weighted by Gasteiger charge is -2.17. The van der Waals surface area contributed by atoms with Crippen molar-refractivity contribution in [1.29, 1.82) is 0 Å². The van der Waals surface area contributed by atoms with Crippen LogP contribution in [0.1, 0.15) is 45.4 Å². The zero-order valence-electron chi connectivity index (χ0n) is 9.80. The van der Waals surface area contributed by atoms with Crippen LogP contribution in [0.2, 0.25) is 0 Å². The molecule has 2 aliphatic rings. The van der Waals surface area contributed by atoms with Crippen LogP contribution in [0.4, 0.5) is 0 Å². The molecule has 0 spiro atoms. The Morgan fingerprint density at radius 2 is 2.27 bits per heavy atom. The average Bonchev–Trinajstić information content (AvgIpc) is 2.44. The third-order valence-electron chi connectivity index (χ3n) is 3.50. The van der Waals surface area contributed by atoms with E-state index in [1.807, 2.05) is 0 Å². The highest BCUT2D eigenvalue weighted by Gasteiger charge is 2.13. The molecule has 1 nitrogen and oxygen atoms in total. The molecule has 0 fully saturated rings. The van der Waals surface area contributed by atoms with Gasteiger partial charge < -0.3 is 4.74 Å². The highest BCUT2D eigenvalue weighted by atomic mass is 16.5. The number of ether oxygens (including phenoxy) is 1. The fraction of sp³-hybridized carbons (Fsp3) is 0.714. The van der Waals surface area contributed by atoms with Crippen molar-refractivity contribution in [1.82, 2.24) is 0 Å². The van der Waals surface area contributed by atoms with Crippen LogP contribution in [-0.2, 0) is 4.74 Å². The fourth-order valence-electron chi connectivity index (χ4n) is 2.63. The van der Waals surface area contributed by atoms with Crippen molar-refractivity contribution in [2.75, 3.05) is 13.2 Å². The number of hydrogen-bond donors (Lipinski definition) is 0. The van der Waals surface area contributed by atoms with Gasteiger partial charge in [0, 0.05) is 0 Å². The molecule has 2 rings (SSSR count). The van der Waals surface area contributed by atoms with E-state index in [9.17, 15) is 0 Å². The summed E-state index contributed by atoms with van der Waals surface area (Å²) in [5.74, 6) is 0.803. The van der Waals surface area contributed by atoms with Crippen LogP contribution in [0, 0.1) is 5.92 Å². The van der Waals surface area contributed by atoms with Crippen LogP contribution in [0.15, 0.2) is 23.3 Å². The zero-order chi connectivity index (χ0) is 10.5. The first-order valence-corrected chi connectivity index (χ1v) is 6.27. The van der Waals surface area contributed by atoms with Crippen molar-refractivity contribution >= 4 is 0 Å². The van der Waals surface area contributed by atoms with Crippen LogP contribution < -0.4 is 0 Å². The van der Waals surface area contributed by atoms with Gasteiger partial charge in [-0.3, -0.25) is 0 Å². The molecule has 15 heavy (non-hydrogen) atoms. The summed E-state index contributed by atoms with van der Waals surface area (Å²) in [4.78, 5) is 0. The molecule has 0 aromatic carbocycles. The van der Waals surface area contributed by atoms with Gasteiger partial charge in [0.1, 0.15) is 0 Å². The summed E-state index contributed by atoms with van der Waals surface area (Å²) in [5.41, 5.74) is 3.22.